The molecule has 0 fully saturated rings. The van der Waals surface area contributed by atoms with Crippen molar-refractivity contribution in [2.75, 3.05) is 37.7 Å². The van der Waals surface area contributed by atoms with Gasteiger partial charge in [0.05, 0.1) is 23.2 Å². The van der Waals surface area contributed by atoms with Crippen LogP contribution in [0.25, 0.3) is 10.2 Å². The highest BCUT2D eigenvalue weighted by Crippen LogP contribution is 2.31. The minimum atomic E-state index is 0.0772. The van der Waals surface area contributed by atoms with E-state index in [9.17, 15) is 4.79 Å². The number of rotatable bonds is 11. The third-order valence-corrected chi connectivity index (χ3v) is 6.57. The number of hydrogen-bond acceptors (Lipinski definition) is 5. The Balaban J connectivity index is 1.85. The van der Waals surface area contributed by atoms with Gasteiger partial charge in [-0.1, -0.05) is 56.4 Å². The number of ether oxygens (including phenoxy) is 1. The predicted molar refractivity (Wildman–Crippen MR) is 130 cm³/mol. The van der Waals surface area contributed by atoms with Crippen molar-refractivity contribution in [1.82, 2.24) is 9.88 Å². The topological polar surface area (TPSA) is 45.7 Å². The van der Waals surface area contributed by atoms with Crippen molar-refractivity contribution in [2.45, 2.75) is 40.5 Å². The maximum absolute atomic E-state index is 13.4. The summed E-state index contributed by atoms with van der Waals surface area (Å²) in [5.41, 5.74) is 3.23. The first kappa shape index (κ1) is 23.2. The number of para-hydroxylation sites is 1. The highest BCUT2D eigenvalue weighted by molar-refractivity contribution is 7.22. The molecule has 0 aliphatic rings. The van der Waals surface area contributed by atoms with Crippen molar-refractivity contribution >= 4 is 32.6 Å². The molecule has 0 N–H and O–H groups in total. The summed E-state index contributed by atoms with van der Waals surface area (Å²) in [5.74, 6) is 0.906. The van der Waals surface area contributed by atoms with Crippen LogP contribution in [0.4, 0.5) is 5.13 Å². The molecule has 0 spiro atoms. The maximum atomic E-state index is 13.4. The molecule has 1 aromatic heterocycles. The Bertz CT molecular complexity index is 980. The van der Waals surface area contributed by atoms with Gasteiger partial charge in [-0.25, -0.2) is 4.98 Å². The largest absolute Gasteiger partial charge is 0.494 e. The lowest BCUT2D eigenvalue weighted by atomic mass is 10.1. The van der Waals surface area contributed by atoms with Crippen molar-refractivity contribution in [3.63, 3.8) is 0 Å². The number of fused-ring (bicyclic) bond motifs is 1. The van der Waals surface area contributed by atoms with Crippen molar-refractivity contribution in [2.24, 2.45) is 0 Å². The van der Waals surface area contributed by atoms with Gasteiger partial charge in [0.2, 0.25) is 5.91 Å². The minimum Gasteiger partial charge on any atom is -0.494 e. The van der Waals surface area contributed by atoms with Crippen LogP contribution >= 0.6 is 11.3 Å². The molecule has 31 heavy (non-hydrogen) atoms. The van der Waals surface area contributed by atoms with Crippen LogP contribution in [0.2, 0.25) is 0 Å². The van der Waals surface area contributed by atoms with E-state index < -0.39 is 0 Å². The number of aryl methyl sites for hydroxylation is 1. The van der Waals surface area contributed by atoms with E-state index in [0.717, 1.165) is 52.7 Å². The summed E-state index contributed by atoms with van der Waals surface area (Å²) in [6.07, 6.45) is 1.28. The maximum Gasteiger partial charge on any atom is 0.233 e. The second-order valence-corrected chi connectivity index (χ2v) is 8.45. The average molecular weight is 440 g/mol. The average Bonchev–Trinajstić information content (AvgIpc) is 3.22. The molecule has 0 unspecified atom stereocenters. The van der Waals surface area contributed by atoms with Gasteiger partial charge in [-0.05, 0) is 55.8 Å². The van der Waals surface area contributed by atoms with E-state index in [4.69, 9.17) is 9.72 Å². The number of benzene rings is 2. The van der Waals surface area contributed by atoms with E-state index in [0.29, 0.717) is 19.6 Å². The number of nitrogens with zero attached hydrogens (tertiary/aromatic N) is 3. The van der Waals surface area contributed by atoms with E-state index in [1.54, 1.807) is 11.3 Å². The summed E-state index contributed by atoms with van der Waals surface area (Å²) in [6.45, 7) is 12.5. The lowest BCUT2D eigenvalue weighted by Crippen LogP contribution is -2.39. The van der Waals surface area contributed by atoms with Crippen molar-refractivity contribution in [1.29, 1.82) is 0 Å². The Kier molecular flexibility index (Phi) is 8.43. The molecule has 0 saturated carbocycles. The van der Waals surface area contributed by atoms with E-state index in [1.807, 2.05) is 36.1 Å². The van der Waals surface area contributed by atoms with Gasteiger partial charge in [0, 0.05) is 13.1 Å². The van der Waals surface area contributed by atoms with Crippen molar-refractivity contribution in [3.05, 3.63) is 53.6 Å². The highest BCUT2D eigenvalue weighted by Gasteiger charge is 2.21. The van der Waals surface area contributed by atoms with Crippen LogP contribution in [0.15, 0.2) is 42.5 Å². The minimum absolute atomic E-state index is 0.0772. The zero-order valence-corrected chi connectivity index (χ0v) is 19.9. The number of amides is 1. The molecule has 3 rings (SSSR count). The molecule has 1 amide bonds. The third kappa shape index (κ3) is 5.83. The normalized spacial score (nSPS) is 11.3. The van der Waals surface area contributed by atoms with Gasteiger partial charge in [-0.3, -0.25) is 9.69 Å². The van der Waals surface area contributed by atoms with Gasteiger partial charge in [0.1, 0.15) is 5.75 Å². The first-order valence-electron chi connectivity index (χ1n) is 11.2. The second-order valence-electron chi connectivity index (χ2n) is 7.44. The van der Waals surface area contributed by atoms with Gasteiger partial charge >= 0.3 is 0 Å². The molecule has 2 aromatic carbocycles. The third-order valence-electron chi connectivity index (χ3n) is 5.53. The molecule has 0 aliphatic heterocycles. The zero-order chi connectivity index (χ0) is 22.2. The van der Waals surface area contributed by atoms with Crippen LogP contribution in [0.5, 0.6) is 5.75 Å². The Morgan fingerprint density at radius 2 is 1.74 bits per heavy atom. The van der Waals surface area contributed by atoms with E-state index in [1.165, 1.54) is 5.56 Å². The first-order valence-corrected chi connectivity index (χ1v) is 12.0. The second kappa shape index (κ2) is 11.3. The molecular weight excluding hydrogens is 406 g/mol. The smallest absolute Gasteiger partial charge is 0.233 e. The monoisotopic (exact) mass is 439 g/mol. The van der Waals surface area contributed by atoms with Gasteiger partial charge in [0.25, 0.3) is 0 Å². The van der Waals surface area contributed by atoms with Crippen molar-refractivity contribution in [3.8, 4) is 5.75 Å². The molecule has 5 nitrogen and oxygen atoms in total. The summed E-state index contributed by atoms with van der Waals surface area (Å²) in [6, 6.07) is 14.1. The number of hydrogen-bond donors (Lipinski definition) is 0. The van der Waals surface area contributed by atoms with Crippen LogP contribution in [0.1, 0.15) is 38.8 Å². The van der Waals surface area contributed by atoms with Crippen LogP contribution in [0, 0.1) is 0 Å². The summed E-state index contributed by atoms with van der Waals surface area (Å²) in [5, 5.41) is 0.791. The Labute approximate surface area is 189 Å². The SMILES string of the molecule is CCOc1ccc(CC(=O)N(CCN(CC)CC)c2nc3c(CC)cccc3s2)cc1. The molecule has 0 atom stereocenters. The Hall–Kier alpha value is -2.44. The molecule has 3 aromatic rings. The van der Waals surface area contributed by atoms with Gasteiger partial charge in [-0.2, -0.15) is 0 Å². The summed E-state index contributed by atoms with van der Waals surface area (Å²) in [4.78, 5) is 22.5. The molecule has 0 radical (unpaired) electrons. The van der Waals surface area contributed by atoms with E-state index in [2.05, 4.69) is 43.9 Å². The molecule has 0 aliphatic carbocycles. The standard InChI is InChI=1S/C25H33N3O2S/c1-5-20-10-9-11-22-24(20)26-25(31-22)28(17-16-27(6-2)7-3)23(29)18-19-12-14-21(15-13-19)30-8-4/h9-15H,5-8,16-18H2,1-4H3. The fraction of sp³-hybridized carbons (Fsp3) is 0.440. The quantitative estimate of drug-likeness (QED) is 0.413. The number of aromatic nitrogens is 1. The number of anilines is 1. The molecular formula is C25H33N3O2S. The number of carbonyl (C=O) groups excluding carboxylic acids is 1. The fourth-order valence-corrected chi connectivity index (χ4v) is 4.70. The number of likely N-dealkylation sites (N-methyl/N-ethyl adjacent to an activating group) is 1. The predicted octanol–water partition coefficient (Wildman–Crippen LogP) is 5.17. The van der Waals surface area contributed by atoms with Crippen molar-refractivity contribution < 1.29 is 9.53 Å². The van der Waals surface area contributed by atoms with Gasteiger partial charge in [-0.15, -0.1) is 0 Å². The summed E-state index contributed by atoms with van der Waals surface area (Å²) < 4.78 is 6.65. The van der Waals surface area contributed by atoms with Gasteiger partial charge in [0.15, 0.2) is 5.13 Å². The Morgan fingerprint density at radius 3 is 2.39 bits per heavy atom. The van der Waals surface area contributed by atoms with Crippen LogP contribution in [-0.2, 0) is 17.6 Å². The Morgan fingerprint density at radius 1 is 1.00 bits per heavy atom. The zero-order valence-electron chi connectivity index (χ0n) is 19.1. The number of carbonyl (C=O) groups is 1. The van der Waals surface area contributed by atoms with E-state index in [-0.39, 0.29) is 5.91 Å². The summed E-state index contributed by atoms with van der Waals surface area (Å²) in [7, 11) is 0. The first-order chi connectivity index (χ1) is 15.1. The molecule has 0 bridgehead atoms. The lowest BCUT2D eigenvalue weighted by Gasteiger charge is -2.24. The molecule has 166 valence electrons. The molecule has 1 heterocycles. The molecule has 6 heteroatoms. The van der Waals surface area contributed by atoms with Gasteiger partial charge < -0.3 is 9.64 Å². The van der Waals surface area contributed by atoms with Crippen LogP contribution in [-0.4, -0.2) is 48.6 Å². The van der Waals surface area contributed by atoms with E-state index >= 15 is 0 Å². The lowest BCUT2D eigenvalue weighted by molar-refractivity contribution is -0.118. The highest BCUT2D eigenvalue weighted by atomic mass is 32.1. The van der Waals surface area contributed by atoms with Crippen LogP contribution < -0.4 is 9.64 Å². The summed E-state index contributed by atoms with van der Waals surface area (Å²) >= 11 is 1.61. The number of thiazole rings is 1. The fourth-order valence-electron chi connectivity index (χ4n) is 3.64. The molecule has 0 saturated heterocycles. The van der Waals surface area contributed by atoms with Crippen LogP contribution in [0.3, 0.4) is 0 Å².